The fourth-order valence-corrected chi connectivity index (χ4v) is 6.48. The molecule has 1 aliphatic rings. The fraction of sp³-hybridized carbons (Fsp3) is 0.148. The van der Waals surface area contributed by atoms with Crippen LogP contribution >= 0.6 is 7.92 Å². The Balaban J connectivity index is 1.61. The van der Waals surface area contributed by atoms with Gasteiger partial charge in [0.25, 0.3) is 0 Å². The lowest BCUT2D eigenvalue weighted by molar-refractivity contribution is -0.137. The third-order valence-electron chi connectivity index (χ3n) is 5.41. The first-order chi connectivity index (χ1) is 15.4. The zero-order chi connectivity index (χ0) is 22.6. The zero-order valence-electron chi connectivity index (χ0n) is 17.6. The summed E-state index contributed by atoms with van der Waals surface area (Å²) in [5, 5.41) is 3.83. The minimum absolute atomic E-state index is 0.0866. The van der Waals surface area contributed by atoms with Crippen LogP contribution in [0.4, 0.5) is 13.2 Å². The van der Waals surface area contributed by atoms with Gasteiger partial charge in [-0.25, -0.2) is 0 Å². The summed E-state index contributed by atoms with van der Waals surface area (Å²) in [4.78, 5) is 4.65. The standard InChI is InChI=1S/C27H23F3NP/c1-20(31-19-21-10-8-11-22(18-21)27(28,29)30)25-16-9-17-26(25)32(23-12-4-2-5-13-23)24-14-6-3-7-15-24/h2-20,25H,1H3/t20-,25?/m1/s1. The van der Waals surface area contributed by atoms with Crippen LogP contribution in [0.3, 0.4) is 0 Å². The Labute approximate surface area is 187 Å². The maximum absolute atomic E-state index is 13.0. The van der Waals surface area contributed by atoms with Crippen molar-refractivity contribution in [3.8, 4) is 0 Å². The van der Waals surface area contributed by atoms with Crippen molar-refractivity contribution >= 4 is 24.7 Å². The highest BCUT2D eigenvalue weighted by Gasteiger charge is 2.31. The van der Waals surface area contributed by atoms with Crippen molar-refractivity contribution in [3.05, 3.63) is 120 Å². The van der Waals surface area contributed by atoms with Crippen LogP contribution in [0.2, 0.25) is 0 Å². The topological polar surface area (TPSA) is 12.4 Å². The summed E-state index contributed by atoms with van der Waals surface area (Å²) < 4.78 is 39.0. The summed E-state index contributed by atoms with van der Waals surface area (Å²) >= 11 is 0. The second kappa shape index (κ2) is 9.67. The van der Waals surface area contributed by atoms with Gasteiger partial charge in [-0.15, -0.1) is 0 Å². The quantitative estimate of drug-likeness (QED) is 0.293. The molecule has 0 saturated carbocycles. The van der Waals surface area contributed by atoms with Gasteiger partial charge in [0, 0.05) is 12.1 Å². The Morgan fingerprint density at radius 3 is 2.09 bits per heavy atom. The number of aliphatic imine (C=N–C) groups is 1. The van der Waals surface area contributed by atoms with Crippen molar-refractivity contribution in [1.82, 2.24) is 0 Å². The first-order valence-corrected chi connectivity index (χ1v) is 11.8. The lowest BCUT2D eigenvalue weighted by atomic mass is 10.0. The number of alkyl halides is 3. The maximum atomic E-state index is 13.0. The molecular formula is C27H23F3NP. The Hall–Kier alpha value is -2.97. The van der Waals surface area contributed by atoms with Crippen molar-refractivity contribution in [2.45, 2.75) is 19.1 Å². The second-order valence-electron chi connectivity index (χ2n) is 7.65. The van der Waals surface area contributed by atoms with Crippen molar-refractivity contribution in [2.24, 2.45) is 10.9 Å². The number of allylic oxidation sites excluding steroid dienone is 2. The zero-order valence-corrected chi connectivity index (χ0v) is 18.5. The van der Waals surface area contributed by atoms with Gasteiger partial charge < -0.3 is 0 Å². The van der Waals surface area contributed by atoms with E-state index in [1.54, 1.807) is 12.3 Å². The normalized spacial score (nSPS) is 17.2. The molecule has 0 N–H and O–H groups in total. The highest BCUT2D eigenvalue weighted by Crippen LogP contribution is 2.50. The molecule has 162 valence electrons. The van der Waals surface area contributed by atoms with E-state index in [0.29, 0.717) is 5.56 Å². The molecule has 0 amide bonds. The van der Waals surface area contributed by atoms with Crippen LogP contribution in [0.5, 0.6) is 0 Å². The van der Waals surface area contributed by atoms with Crippen LogP contribution in [-0.2, 0) is 6.18 Å². The average Bonchev–Trinajstić information content (AvgIpc) is 3.28. The number of rotatable bonds is 6. The summed E-state index contributed by atoms with van der Waals surface area (Å²) in [6, 6.07) is 26.1. The van der Waals surface area contributed by atoms with E-state index in [-0.39, 0.29) is 12.0 Å². The molecule has 4 rings (SSSR count). The number of benzene rings is 3. The molecule has 2 atom stereocenters. The van der Waals surface area contributed by atoms with Gasteiger partial charge in [-0.3, -0.25) is 4.99 Å². The fourth-order valence-electron chi connectivity index (χ4n) is 3.81. The van der Waals surface area contributed by atoms with Crippen LogP contribution in [-0.4, -0.2) is 12.3 Å². The lowest BCUT2D eigenvalue weighted by Gasteiger charge is -2.27. The van der Waals surface area contributed by atoms with Crippen LogP contribution in [0, 0.1) is 5.92 Å². The predicted octanol–water partition coefficient (Wildman–Crippen LogP) is 6.72. The molecule has 0 spiro atoms. The van der Waals surface area contributed by atoms with E-state index in [1.807, 2.05) is 19.1 Å². The van der Waals surface area contributed by atoms with Crippen molar-refractivity contribution < 1.29 is 13.2 Å². The summed E-state index contributed by atoms with van der Waals surface area (Å²) in [5.41, 5.74) is -0.209. The first kappa shape index (κ1) is 22.2. The smallest absolute Gasteiger partial charge is 0.289 e. The molecule has 0 radical (unpaired) electrons. The van der Waals surface area contributed by atoms with Gasteiger partial charge in [0.05, 0.1) is 11.6 Å². The lowest BCUT2D eigenvalue weighted by Crippen LogP contribution is -2.20. The van der Waals surface area contributed by atoms with Gasteiger partial charge in [0.2, 0.25) is 0 Å². The molecule has 3 aromatic carbocycles. The Kier molecular flexibility index (Phi) is 6.72. The molecule has 0 heterocycles. The molecule has 0 saturated heterocycles. The molecule has 5 heteroatoms. The minimum atomic E-state index is -4.36. The summed E-state index contributed by atoms with van der Waals surface area (Å²) in [6.07, 6.45) is 3.58. The average molecular weight is 449 g/mol. The van der Waals surface area contributed by atoms with Gasteiger partial charge in [0.1, 0.15) is 0 Å². The van der Waals surface area contributed by atoms with Crippen molar-refractivity contribution in [2.75, 3.05) is 0 Å². The first-order valence-electron chi connectivity index (χ1n) is 10.4. The van der Waals surface area contributed by atoms with Crippen LogP contribution in [0.1, 0.15) is 18.1 Å². The van der Waals surface area contributed by atoms with Crippen LogP contribution < -0.4 is 10.6 Å². The second-order valence-corrected chi connectivity index (χ2v) is 9.87. The maximum Gasteiger partial charge on any atom is 0.416 e. The van der Waals surface area contributed by atoms with E-state index in [0.717, 1.165) is 12.1 Å². The molecule has 0 aromatic heterocycles. The summed E-state index contributed by atoms with van der Waals surface area (Å²) in [7, 11) is -0.733. The molecule has 1 nitrogen and oxygen atoms in total. The van der Waals surface area contributed by atoms with E-state index >= 15 is 0 Å². The number of nitrogens with zero attached hydrogens (tertiary/aromatic N) is 1. The molecule has 0 fully saturated rings. The van der Waals surface area contributed by atoms with Gasteiger partial charge in [-0.2, -0.15) is 13.2 Å². The largest absolute Gasteiger partial charge is 0.416 e. The highest BCUT2D eigenvalue weighted by atomic mass is 31.1. The van der Waals surface area contributed by atoms with Gasteiger partial charge in [-0.05, 0) is 48.5 Å². The van der Waals surface area contributed by atoms with E-state index in [1.165, 1.54) is 22.0 Å². The third kappa shape index (κ3) is 5.08. The summed E-state index contributed by atoms with van der Waals surface area (Å²) in [5.74, 6) is 0.0866. The molecule has 0 bridgehead atoms. The third-order valence-corrected chi connectivity index (χ3v) is 8.00. The molecule has 0 aliphatic heterocycles. The number of hydrogen-bond donors (Lipinski definition) is 0. The van der Waals surface area contributed by atoms with Gasteiger partial charge in [0.15, 0.2) is 0 Å². The number of halogens is 3. The Morgan fingerprint density at radius 2 is 1.50 bits per heavy atom. The van der Waals surface area contributed by atoms with Crippen molar-refractivity contribution in [1.29, 1.82) is 0 Å². The van der Waals surface area contributed by atoms with E-state index in [9.17, 15) is 13.2 Å². The SMILES string of the molecule is C[C@@H](N=Cc1cccc(C(F)(F)F)c1)C1C=CC=C1P(c1ccccc1)c1ccccc1. The highest BCUT2D eigenvalue weighted by molar-refractivity contribution is 7.76. The van der Waals surface area contributed by atoms with E-state index in [4.69, 9.17) is 0 Å². The molecule has 1 unspecified atom stereocenters. The van der Waals surface area contributed by atoms with Gasteiger partial charge >= 0.3 is 6.18 Å². The molecule has 1 aliphatic carbocycles. The van der Waals surface area contributed by atoms with Crippen LogP contribution in [0.25, 0.3) is 0 Å². The Bertz CT molecular complexity index is 1090. The molecule has 3 aromatic rings. The van der Waals surface area contributed by atoms with Crippen LogP contribution in [0.15, 0.2) is 113 Å². The van der Waals surface area contributed by atoms with Crippen molar-refractivity contribution in [3.63, 3.8) is 0 Å². The Morgan fingerprint density at radius 1 is 0.875 bits per heavy atom. The molecular weight excluding hydrogens is 426 g/mol. The van der Waals surface area contributed by atoms with E-state index in [2.05, 4.69) is 71.8 Å². The molecule has 32 heavy (non-hydrogen) atoms. The van der Waals surface area contributed by atoms with Gasteiger partial charge in [-0.1, -0.05) is 91.0 Å². The van der Waals surface area contributed by atoms with E-state index < -0.39 is 19.7 Å². The number of hydrogen-bond acceptors (Lipinski definition) is 1. The summed E-state index contributed by atoms with van der Waals surface area (Å²) in [6.45, 7) is 2.02. The minimum Gasteiger partial charge on any atom is -0.289 e. The monoisotopic (exact) mass is 449 g/mol. The predicted molar refractivity (Wildman–Crippen MR) is 128 cm³/mol.